The first-order chi connectivity index (χ1) is 18.4. The Morgan fingerprint density at radius 2 is 2.03 bits per heavy atom. The van der Waals surface area contributed by atoms with E-state index in [2.05, 4.69) is 25.7 Å². The van der Waals surface area contributed by atoms with Crippen LogP contribution < -0.4 is 16.2 Å². The highest BCUT2D eigenvalue weighted by Crippen LogP contribution is 2.28. The van der Waals surface area contributed by atoms with Crippen LogP contribution >= 0.6 is 11.6 Å². The highest BCUT2D eigenvalue weighted by molar-refractivity contribution is 6.32. The zero-order chi connectivity index (χ0) is 26.6. The number of rotatable bonds is 8. The molecule has 4 aromatic rings. The van der Waals surface area contributed by atoms with Crippen LogP contribution in [0.15, 0.2) is 59.9 Å². The van der Waals surface area contributed by atoms with Crippen LogP contribution in [0.4, 0.5) is 5.95 Å². The van der Waals surface area contributed by atoms with Crippen molar-refractivity contribution in [2.45, 2.75) is 37.9 Å². The maximum absolute atomic E-state index is 13.3. The molecule has 38 heavy (non-hydrogen) atoms. The number of nitrogens with zero attached hydrogens (tertiary/aromatic N) is 5. The van der Waals surface area contributed by atoms with Gasteiger partial charge in [0.05, 0.1) is 29.6 Å². The second-order valence-corrected chi connectivity index (χ2v) is 9.56. The molecule has 1 aliphatic heterocycles. The molecule has 0 radical (unpaired) electrons. The number of benzene rings is 1. The van der Waals surface area contributed by atoms with Gasteiger partial charge in [0, 0.05) is 31.0 Å². The lowest BCUT2D eigenvalue weighted by Crippen LogP contribution is -2.39. The van der Waals surface area contributed by atoms with E-state index in [1.165, 1.54) is 21.6 Å². The largest absolute Gasteiger partial charge is 0.394 e. The summed E-state index contributed by atoms with van der Waals surface area (Å²) in [5.74, 6) is 0.0229. The molecule has 11 nitrogen and oxygen atoms in total. The summed E-state index contributed by atoms with van der Waals surface area (Å²) in [4.78, 5) is 35.2. The van der Waals surface area contributed by atoms with Crippen molar-refractivity contribution in [1.29, 1.82) is 0 Å². The summed E-state index contributed by atoms with van der Waals surface area (Å²) in [5, 5.41) is 20.6. The molecule has 5 rings (SSSR count). The Kier molecular flexibility index (Phi) is 7.68. The molecule has 1 fully saturated rings. The van der Waals surface area contributed by atoms with E-state index in [4.69, 9.17) is 16.3 Å². The minimum absolute atomic E-state index is 0.208. The summed E-state index contributed by atoms with van der Waals surface area (Å²) in [5.41, 5.74) is 1.68. The maximum atomic E-state index is 13.3. The van der Waals surface area contributed by atoms with E-state index < -0.39 is 23.6 Å². The van der Waals surface area contributed by atoms with E-state index in [0.29, 0.717) is 35.4 Å². The number of ether oxygens (including phenoxy) is 1. The Morgan fingerprint density at radius 3 is 2.76 bits per heavy atom. The summed E-state index contributed by atoms with van der Waals surface area (Å²) >= 11 is 6.42. The normalized spacial score (nSPS) is 15.8. The lowest BCUT2D eigenvalue weighted by atomic mass is 10.1. The number of nitrogens with one attached hydrogen (secondary N) is 2. The second kappa shape index (κ2) is 11.3. The van der Waals surface area contributed by atoms with Crippen molar-refractivity contribution < 1.29 is 14.6 Å². The number of carbonyl (C=O) groups is 1. The molecule has 1 aromatic carbocycles. The molecule has 1 aliphatic rings. The zero-order valence-corrected chi connectivity index (χ0v) is 21.5. The van der Waals surface area contributed by atoms with Gasteiger partial charge in [-0.1, -0.05) is 41.9 Å². The van der Waals surface area contributed by atoms with Gasteiger partial charge >= 0.3 is 0 Å². The molecule has 4 heterocycles. The van der Waals surface area contributed by atoms with Gasteiger partial charge in [0.25, 0.3) is 5.56 Å². The zero-order valence-electron chi connectivity index (χ0n) is 20.7. The summed E-state index contributed by atoms with van der Waals surface area (Å²) in [6.45, 7) is 2.70. The maximum Gasteiger partial charge on any atom is 0.278 e. The SMILES string of the molecule is CC(C(=O)NC(CO)c1ccccc1)n1cnn2cc(-c3nc(NC4CCOCC4)ncc3Cl)cc2c1=O. The molecule has 12 heteroatoms. The molecule has 2 unspecified atom stereocenters. The molecule has 0 bridgehead atoms. The number of fused-ring (bicyclic) bond motifs is 1. The fraction of sp³-hybridized carbons (Fsp3) is 0.346. The first kappa shape index (κ1) is 25.8. The van der Waals surface area contributed by atoms with Gasteiger partial charge in [-0.3, -0.25) is 14.2 Å². The fourth-order valence-corrected chi connectivity index (χ4v) is 4.61. The minimum Gasteiger partial charge on any atom is -0.394 e. The van der Waals surface area contributed by atoms with Crippen LogP contribution in [-0.2, 0) is 9.53 Å². The predicted octanol–water partition coefficient (Wildman–Crippen LogP) is 2.61. The van der Waals surface area contributed by atoms with E-state index in [9.17, 15) is 14.7 Å². The molecule has 198 valence electrons. The number of aliphatic hydroxyl groups is 1. The third-order valence-electron chi connectivity index (χ3n) is 6.62. The molecule has 1 saturated heterocycles. The highest BCUT2D eigenvalue weighted by atomic mass is 35.5. The van der Waals surface area contributed by atoms with E-state index in [1.54, 1.807) is 19.2 Å². The van der Waals surface area contributed by atoms with Gasteiger partial charge in [-0.05, 0) is 31.4 Å². The lowest BCUT2D eigenvalue weighted by molar-refractivity contribution is -0.125. The number of aromatic nitrogens is 5. The van der Waals surface area contributed by atoms with E-state index in [0.717, 1.165) is 18.4 Å². The molecule has 0 spiro atoms. The van der Waals surface area contributed by atoms with Crippen molar-refractivity contribution in [3.05, 3.63) is 76.1 Å². The van der Waals surface area contributed by atoms with E-state index >= 15 is 0 Å². The van der Waals surface area contributed by atoms with Crippen LogP contribution in [0.1, 0.15) is 37.4 Å². The van der Waals surface area contributed by atoms with Gasteiger partial charge in [-0.2, -0.15) is 5.10 Å². The van der Waals surface area contributed by atoms with E-state index in [-0.39, 0.29) is 18.2 Å². The smallest absolute Gasteiger partial charge is 0.278 e. The summed E-state index contributed by atoms with van der Waals surface area (Å²) < 4.78 is 8.09. The Balaban J connectivity index is 1.39. The molecule has 0 saturated carbocycles. The van der Waals surface area contributed by atoms with Gasteiger partial charge in [0.1, 0.15) is 17.9 Å². The summed E-state index contributed by atoms with van der Waals surface area (Å²) in [6.07, 6.45) is 6.22. The van der Waals surface area contributed by atoms with Crippen molar-refractivity contribution in [2.75, 3.05) is 25.1 Å². The molecule has 2 atom stereocenters. The molecular formula is C26H28ClN7O4. The number of halogens is 1. The van der Waals surface area contributed by atoms with Crippen molar-refractivity contribution in [1.82, 2.24) is 29.5 Å². The van der Waals surface area contributed by atoms with Crippen molar-refractivity contribution in [3.63, 3.8) is 0 Å². The quantitative estimate of drug-likeness (QED) is 0.312. The fourth-order valence-electron chi connectivity index (χ4n) is 4.41. The van der Waals surface area contributed by atoms with E-state index in [1.807, 2.05) is 30.3 Å². The van der Waals surface area contributed by atoms with Crippen LogP contribution in [0.3, 0.4) is 0 Å². The number of amides is 1. The van der Waals surface area contributed by atoms with Crippen LogP contribution in [0.5, 0.6) is 0 Å². The third-order valence-corrected chi connectivity index (χ3v) is 6.90. The average Bonchev–Trinajstić information content (AvgIpc) is 3.39. The van der Waals surface area contributed by atoms with Crippen molar-refractivity contribution in [2.24, 2.45) is 0 Å². The van der Waals surface area contributed by atoms with Gasteiger partial charge in [-0.25, -0.2) is 14.5 Å². The topological polar surface area (TPSA) is 136 Å². The molecule has 3 aromatic heterocycles. The number of anilines is 1. The monoisotopic (exact) mass is 537 g/mol. The minimum atomic E-state index is -0.867. The van der Waals surface area contributed by atoms with Crippen LogP contribution in [0.25, 0.3) is 16.8 Å². The van der Waals surface area contributed by atoms with Gasteiger partial charge < -0.3 is 20.5 Å². The first-order valence-electron chi connectivity index (χ1n) is 12.4. The highest BCUT2D eigenvalue weighted by Gasteiger charge is 2.23. The van der Waals surface area contributed by atoms with Gasteiger partial charge in [-0.15, -0.1) is 0 Å². The molecule has 1 amide bonds. The van der Waals surface area contributed by atoms with Gasteiger partial charge in [0.15, 0.2) is 0 Å². The average molecular weight is 538 g/mol. The number of aliphatic hydroxyl groups excluding tert-OH is 1. The van der Waals surface area contributed by atoms with Crippen molar-refractivity contribution >= 4 is 29.0 Å². The Hall–Kier alpha value is -3.80. The summed E-state index contributed by atoms with van der Waals surface area (Å²) in [7, 11) is 0. The lowest BCUT2D eigenvalue weighted by Gasteiger charge is -2.23. The standard InChI is InChI=1S/C26H28ClN7O4/c1-16(24(36)31-21(14-35)17-5-3-2-4-6-17)33-15-29-34-13-18(11-22(34)25(33)37)23-20(27)12-28-26(32-23)30-19-7-9-38-10-8-19/h2-6,11-13,15-16,19,21,35H,7-10,14H2,1H3,(H,31,36)(H,28,30,32). The molecule has 0 aliphatic carbocycles. The number of hydrogen-bond acceptors (Lipinski definition) is 8. The third kappa shape index (κ3) is 5.40. The summed E-state index contributed by atoms with van der Waals surface area (Å²) in [6, 6.07) is 9.53. The Morgan fingerprint density at radius 1 is 1.26 bits per heavy atom. The Labute approximate surface area is 223 Å². The van der Waals surface area contributed by atoms with Gasteiger partial charge in [0.2, 0.25) is 11.9 Å². The number of carbonyl (C=O) groups excluding carboxylic acids is 1. The predicted molar refractivity (Wildman–Crippen MR) is 142 cm³/mol. The first-order valence-corrected chi connectivity index (χ1v) is 12.7. The van der Waals surface area contributed by atoms with Crippen LogP contribution in [-0.4, -0.2) is 61.0 Å². The molecular weight excluding hydrogens is 510 g/mol. The van der Waals surface area contributed by atoms with Crippen LogP contribution in [0, 0.1) is 0 Å². The van der Waals surface area contributed by atoms with Crippen molar-refractivity contribution in [3.8, 4) is 11.3 Å². The molecule has 3 N–H and O–H groups in total. The number of hydrogen-bond donors (Lipinski definition) is 3. The Bertz CT molecular complexity index is 1480. The van der Waals surface area contributed by atoms with Crippen LogP contribution in [0.2, 0.25) is 5.02 Å². The second-order valence-electron chi connectivity index (χ2n) is 9.15.